The van der Waals surface area contributed by atoms with Gasteiger partial charge in [-0.05, 0) is 54.4 Å². The maximum absolute atomic E-state index is 13.1. The normalized spacial score (nSPS) is 18.3. The van der Waals surface area contributed by atoms with Crippen LogP contribution in [0.1, 0.15) is 24.5 Å². The Kier molecular flexibility index (Phi) is 6.73. The molecule has 3 aromatic rings. The van der Waals surface area contributed by atoms with E-state index in [4.69, 9.17) is 42.1 Å². The van der Waals surface area contributed by atoms with Crippen molar-refractivity contribution in [1.82, 2.24) is 0 Å². The van der Waals surface area contributed by atoms with Gasteiger partial charge < -0.3 is 18.9 Å². The molecule has 33 heavy (non-hydrogen) atoms. The highest BCUT2D eigenvalue weighted by molar-refractivity contribution is 6.54. The molecule has 1 fully saturated rings. The van der Waals surface area contributed by atoms with Crippen molar-refractivity contribution in [2.24, 2.45) is 0 Å². The molecule has 3 aromatic carbocycles. The average molecular weight is 487 g/mol. The molecule has 1 atom stereocenters. The van der Waals surface area contributed by atoms with Crippen LogP contribution in [0.5, 0.6) is 23.0 Å². The Hall–Kier alpha value is -2.89. The van der Waals surface area contributed by atoms with Crippen LogP contribution in [-0.2, 0) is 21.6 Å². The van der Waals surface area contributed by atoms with Crippen LogP contribution in [0.15, 0.2) is 72.8 Å². The maximum atomic E-state index is 13.1. The van der Waals surface area contributed by atoms with Gasteiger partial charge in [-0.25, -0.2) is 0 Å². The monoisotopic (exact) mass is 486 g/mol. The van der Waals surface area contributed by atoms with Gasteiger partial charge in [-0.15, -0.1) is 0 Å². The summed E-state index contributed by atoms with van der Waals surface area (Å²) in [4.78, 5) is 13.1. The SMILES string of the molecule is CCOc1ccc(C2(C(=O)OCc3cccc(Oc4cccc(OC)c4)c3)CC2(Cl)Cl)cc1. The molecule has 0 radical (unpaired) electrons. The highest BCUT2D eigenvalue weighted by Crippen LogP contribution is 2.65. The fourth-order valence-electron chi connectivity index (χ4n) is 3.72. The van der Waals surface area contributed by atoms with Crippen molar-refractivity contribution in [3.05, 3.63) is 83.9 Å². The Morgan fingerprint density at radius 3 is 2.18 bits per heavy atom. The lowest BCUT2D eigenvalue weighted by Crippen LogP contribution is -2.28. The number of ether oxygens (including phenoxy) is 4. The van der Waals surface area contributed by atoms with E-state index in [9.17, 15) is 4.79 Å². The smallest absolute Gasteiger partial charge is 0.320 e. The van der Waals surface area contributed by atoms with E-state index >= 15 is 0 Å². The third kappa shape index (κ3) is 4.90. The van der Waals surface area contributed by atoms with Crippen molar-refractivity contribution in [1.29, 1.82) is 0 Å². The van der Waals surface area contributed by atoms with E-state index in [-0.39, 0.29) is 13.0 Å². The van der Waals surface area contributed by atoms with E-state index in [1.807, 2.05) is 49.4 Å². The Morgan fingerprint density at radius 2 is 1.55 bits per heavy atom. The lowest BCUT2D eigenvalue weighted by molar-refractivity contribution is -0.148. The van der Waals surface area contributed by atoms with Gasteiger partial charge >= 0.3 is 5.97 Å². The molecule has 0 amide bonds. The van der Waals surface area contributed by atoms with Crippen molar-refractivity contribution in [2.45, 2.75) is 29.7 Å². The molecule has 1 unspecified atom stereocenters. The molecule has 0 heterocycles. The molecule has 5 nitrogen and oxygen atoms in total. The number of methoxy groups -OCH3 is 1. The zero-order valence-corrected chi connectivity index (χ0v) is 19.9. The van der Waals surface area contributed by atoms with E-state index in [0.717, 1.165) is 5.56 Å². The number of carbonyl (C=O) groups excluding carboxylic acids is 1. The first-order valence-corrected chi connectivity index (χ1v) is 11.3. The summed E-state index contributed by atoms with van der Waals surface area (Å²) in [7, 11) is 1.60. The number of benzene rings is 3. The maximum Gasteiger partial charge on any atom is 0.320 e. The zero-order valence-electron chi connectivity index (χ0n) is 18.3. The summed E-state index contributed by atoms with van der Waals surface area (Å²) in [6.07, 6.45) is 0.287. The molecule has 0 aliphatic heterocycles. The Bertz CT molecular complexity index is 1130. The van der Waals surface area contributed by atoms with E-state index in [1.54, 1.807) is 37.4 Å². The van der Waals surface area contributed by atoms with Gasteiger partial charge in [0.15, 0.2) is 0 Å². The largest absolute Gasteiger partial charge is 0.497 e. The van der Waals surface area contributed by atoms with Gasteiger partial charge in [0.2, 0.25) is 0 Å². The van der Waals surface area contributed by atoms with Crippen LogP contribution in [0.3, 0.4) is 0 Å². The zero-order chi connectivity index (χ0) is 23.5. The first kappa shape index (κ1) is 23.3. The van der Waals surface area contributed by atoms with Gasteiger partial charge in [-0.1, -0.05) is 53.5 Å². The summed E-state index contributed by atoms with van der Waals surface area (Å²) in [6, 6.07) is 21.9. The lowest BCUT2D eigenvalue weighted by atomic mass is 9.96. The van der Waals surface area contributed by atoms with Crippen molar-refractivity contribution in [2.75, 3.05) is 13.7 Å². The van der Waals surface area contributed by atoms with Gasteiger partial charge in [0.25, 0.3) is 0 Å². The molecule has 1 aliphatic rings. The summed E-state index contributed by atoms with van der Waals surface area (Å²) in [6.45, 7) is 2.53. The summed E-state index contributed by atoms with van der Waals surface area (Å²) < 4.78 is 21.0. The lowest BCUT2D eigenvalue weighted by Gasteiger charge is -2.18. The van der Waals surface area contributed by atoms with Crippen molar-refractivity contribution in [3.63, 3.8) is 0 Å². The van der Waals surface area contributed by atoms with Crippen LogP contribution in [0.25, 0.3) is 0 Å². The second-order valence-electron chi connectivity index (χ2n) is 7.75. The standard InChI is InChI=1S/C26H24Cl2O5/c1-3-31-20-12-10-19(11-13-20)25(17-26(25,27)28)24(29)32-16-18-6-4-8-22(14-18)33-23-9-5-7-21(15-23)30-2/h4-15H,3,16-17H2,1-2H3. The summed E-state index contributed by atoms with van der Waals surface area (Å²) in [5.74, 6) is 2.22. The van der Waals surface area contributed by atoms with Gasteiger partial charge in [-0.3, -0.25) is 4.79 Å². The third-order valence-electron chi connectivity index (χ3n) is 5.54. The quantitative estimate of drug-likeness (QED) is 0.257. The highest BCUT2D eigenvalue weighted by atomic mass is 35.5. The number of carbonyl (C=O) groups is 1. The summed E-state index contributed by atoms with van der Waals surface area (Å²) >= 11 is 12.8. The van der Waals surface area contributed by atoms with Crippen LogP contribution in [-0.4, -0.2) is 24.0 Å². The number of halogens is 2. The molecule has 0 aromatic heterocycles. The number of rotatable bonds is 9. The Labute approximate surface area is 203 Å². The number of hydrogen-bond acceptors (Lipinski definition) is 5. The van der Waals surface area contributed by atoms with Crippen molar-refractivity contribution < 1.29 is 23.7 Å². The fourth-order valence-corrected chi connectivity index (χ4v) is 4.49. The molecule has 1 aliphatic carbocycles. The summed E-state index contributed by atoms with van der Waals surface area (Å²) in [5.41, 5.74) is 0.382. The Balaban J connectivity index is 1.45. The average Bonchev–Trinajstić information content (AvgIpc) is 3.42. The molecule has 0 N–H and O–H groups in total. The van der Waals surface area contributed by atoms with Crippen LogP contribution in [0, 0.1) is 0 Å². The van der Waals surface area contributed by atoms with Gasteiger partial charge in [0.1, 0.15) is 39.4 Å². The molecule has 0 bridgehead atoms. The van der Waals surface area contributed by atoms with E-state index < -0.39 is 15.7 Å². The fraction of sp³-hybridized carbons (Fsp3) is 0.269. The number of alkyl halides is 2. The molecule has 7 heteroatoms. The summed E-state index contributed by atoms with van der Waals surface area (Å²) in [5, 5.41) is 0. The number of hydrogen-bond donors (Lipinski definition) is 0. The minimum atomic E-state index is -1.21. The highest BCUT2D eigenvalue weighted by Gasteiger charge is 2.73. The first-order valence-electron chi connectivity index (χ1n) is 10.6. The minimum absolute atomic E-state index is 0.0663. The van der Waals surface area contributed by atoms with Crippen LogP contribution < -0.4 is 14.2 Å². The third-order valence-corrected chi connectivity index (χ3v) is 6.45. The van der Waals surface area contributed by atoms with Gasteiger partial charge in [0, 0.05) is 12.5 Å². The molecule has 0 saturated heterocycles. The Morgan fingerprint density at radius 1 is 0.909 bits per heavy atom. The van der Waals surface area contributed by atoms with Crippen molar-refractivity contribution in [3.8, 4) is 23.0 Å². The molecule has 1 saturated carbocycles. The van der Waals surface area contributed by atoms with Crippen LogP contribution in [0.2, 0.25) is 0 Å². The molecule has 4 rings (SSSR count). The van der Waals surface area contributed by atoms with E-state index in [2.05, 4.69) is 0 Å². The van der Waals surface area contributed by atoms with Crippen LogP contribution in [0.4, 0.5) is 0 Å². The van der Waals surface area contributed by atoms with Gasteiger partial charge in [-0.2, -0.15) is 0 Å². The van der Waals surface area contributed by atoms with E-state index in [0.29, 0.717) is 35.2 Å². The van der Waals surface area contributed by atoms with Crippen LogP contribution >= 0.6 is 23.2 Å². The first-order chi connectivity index (χ1) is 15.9. The topological polar surface area (TPSA) is 54.0 Å². The second-order valence-corrected chi connectivity index (χ2v) is 9.23. The molecular weight excluding hydrogens is 463 g/mol. The van der Waals surface area contributed by atoms with E-state index in [1.165, 1.54) is 0 Å². The predicted octanol–water partition coefficient (Wildman–Crippen LogP) is 6.45. The molecule has 0 spiro atoms. The number of esters is 1. The predicted molar refractivity (Wildman–Crippen MR) is 128 cm³/mol. The molecule has 172 valence electrons. The minimum Gasteiger partial charge on any atom is -0.497 e. The molecular formula is C26H24Cl2O5. The second kappa shape index (κ2) is 9.54. The van der Waals surface area contributed by atoms with Gasteiger partial charge in [0.05, 0.1) is 13.7 Å². The van der Waals surface area contributed by atoms with Crippen molar-refractivity contribution >= 4 is 29.2 Å².